The Balaban J connectivity index is 1.57. The molecule has 0 bridgehead atoms. The minimum atomic E-state index is -0.290. The van der Waals surface area contributed by atoms with Gasteiger partial charge in [0.1, 0.15) is 17.0 Å². The van der Waals surface area contributed by atoms with Gasteiger partial charge in [0, 0.05) is 35.5 Å². The molecule has 0 unspecified atom stereocenters. The fourth-order valence-corrected chi connectivity index (χ4v) is 4.81. The molecule has 2 heterocycles. The second-order valence-electron chi connectivity index (χ2n) is 7.46. The lowest BCUT2D eigenvalue weighted by molar-refractivity contribution is 0.195. The van der Waals surface area contributed by atoms with E-state index in [1.807, 2.05) is 55.5 Å². The number of aromatic nitrogens is 2. The summed E-state index contributed by atoms with van der Waals surface area (Å²) in [5.41, 5.74) is 10.8. The Morgan fingerprint density at radius 1 is 1.09 bits per heavy atom. The van der Waals surface area contributed by atoms with Crippen molar-refractivity contribution < 1.29 is 9.53 Å². The van der Waals surface area contributed by atoms with Gasteiger partial charge in [-0.15, -0.1) is 11.3 Å². The van der Waals surface area contributed by atoms with Crippen LogP contribution in [0.1, 0.15) is 16.9 Å². The molecule has 0 saturated carbocycles. The van der Waals surface area contributed by atoms with Crippen molar-refractivity contribution in [2.24, 2.45) is 0 Å². The number of hydrogen-bond acceptors (Lipinski definition) is 6. The van der Waals surface area contributed by atoms with Crippen LogP contribution in [-0.4, -0.2) is 29.7 Å². The molecule has 32 heavy (non-hydrogen) atoms. The number of aryl methyl sites for hydroxylation is 2. The number of benzene rings is 2. The third-order valence-electron chi connectivity index (χ3n) is 5.05. The second kappa shape index (κ2) is 9.76. The number of thiophene rings is 1. The maximum absolute atomic E-state index is 12.4. The van der Waals surface area contributed by atoms with Gasteiger partial charge in [0.05, 0.1) is 5.39 Å². The number of carbonyl (C=O) groups excluding carboxylic acids is 1. The van der Waals surface area contributed by atoms with Gasteiger partial charge in [0.25, 0.3) is 0 Å². The van der Waals surface area contributed by atoms with Crippen LogP contribution < -0.4 is 16.4 Å². The van der Waals surface area contributed by atoms with Crippen LogP contribution in [0.25, 0.3) is 21.3 Å². The highest BCUT2D eigenvalue weighted by molar-refractivity contribution is 7.19. The van der Waals surface area contributed by atoms with Gasteiger partial charge in [-0.05, 0) is 55.2 Å². The Morgan fingerprint density at radius 2 is 1.88 bits per heavy atom. The summed E-state index contributed by atoms with van der Waals surface area (Å²) in [5, 5.41) is 6.60. The standard InChI is InChI=1S/C24H25N5O2S/c1-15-5-3-6-18(13-15)29-24(30)28-17-10-8-16(9-11-17)20-19(7-4-12-31-2)32-23-21(20)22(25)26-14-27-23/h3,5-6,8-11,13-14H,4,7,12H2,1-2H3,(H2,25,26,27)(H2,28,29,30). The van der Waals surface area contributed by atoms with Gasteiger partial charge >= 0.3 is 6.03 Å². The van der Waals surface area contributed by atoms with Crippen LogP contribution in [0.3, 0.4) is 0 Å². The average Bonchev–Trinajstić information content (AvgIpc) is 3.14. The topological polar surface area (TPSA) is 102 Å². The Hall–Kier alpha value is -3.49. The maximum atomic E-state index is 12.4. The molecule has 0 aliphatic rings. The minimum Gasteiger partial charge on any atom is -0.385 e. The molecule has 164 valence electrons. The number of hydrogen-bond donors (Lipinski definition) is 3. The molecule has 0 aliphatic carbocycles. The predicted octanol–water partition coefficient (Wildman–Crippen LogP) is 5.47. The Kier molecular flexibility index (Phi) is 6.63. The van der Waals surface area contributed by atoms with Crippen molar-refractivity contribution in [1.82, 2.24) is 9.97 Å². The molecule has 4 rings (SSSR count). The number of nitrogens with two attached hydrogens (primary N) is 1. The maximum Gasteiger partial charge on any atom is 0.323 e. The molecular weight excluding hydrogens is 422 g/mol. The van der Waals surface area contributed by atoms with Crippen LogP contribution in [0, 0.1) is 6.92 Å². The highest BCUT2D eigenvalue weighted by atomic mass is 32.1. The number of nitrogens with one attached hydrogen (secondary N) is 2. The average molecular weight is 448 g/mol. The molecule has 2 aromatic carbocycles. The monoisotopic (exact) mass is 447 g/mol. The summed E-state index contributed by atoms with van der Waals surface area (Å²) in [6.45, 7) is 2.67. The van der Waals surface area contributed by atoms with E-state index in [1.54, 1.807) is 18.4 Å². The van der Waals surface area contributed by atoms with Crippen molar-refractivity contribution in [3.8, 4) is 11.1 Å². The first kappa shape index (κ1) is 21.7. The molecule has 0 aliphatic heterocycles. The van der Waals surface area contributed by atoms with Crippen molar-refractivity contribution in [3.05, 3.63) is 65.3 Å². The second-order valence-corrected chi connectivity index (χ2v) is 8.55. The first-order chi connectivity index (χ1) is 15.5. The largest absolute Gasteiger partial charge is 0.385 e. The fourth-order valence-electron chi connectivity index (χ4n) is 3.60. The van der Waals surface area contributed by atoms with E-state index in [-0.39, 0.29) is 6.03 Å². The lowest BCUT2D eigenvalue weighted by Crippen LogP contribution is -2.19. The van der Waals surface area contributed by atoms with Crippen LogP contribution >= 0.6 is 11.3 Å². The predicted molar refractivity (Wildman–Crippen MR) is 131 cm³/mol. The number of carbonyl (C=O) groups is 1. The van der Waals surface area contributed by atoms with Gasteiger partial charge in [-0.25, -0.2) is 14.8 Å². The van der Waals surface area contributed by atoms with Crippen molar-refractivity contribution >= 4 is 44.8 Å². The number of rotatable bonds is 7. The number of methoxy groups -OCH3 is 1. The number of anilines is 3. The van der Waals surface area contributed by atoms with Crippen LogP contribution in [0.4, 0.5) is 22.0 Å². The minimum absolute atomic E-state index is 0.290. The van der Waals surface area contributed by atoms with E-state index in [1.165, 1.54) is 11.2 Å². The molecule has 4 N–H and O–H groups in total. The van der Waals surface area contributed by atoms with Crippen molar-refractivity contribution in [2.45, 2.75) is 19.8 Å². The van der Waals surface area contributed by atoms with E-state index < -0.39 is 0 Å². The van der Waals surface area contributed by atoms with E-state index in [0.29, 0.717) is 18.1 Å². The summed E-state index contributed by atoms with van der Waals surface area (Å²) in [6.07, 6.45) is 3.27. The van der Waals surface area contributed by atoms with Gasteiger partial charge in [0.2, 0.25) is 0 Å². The first-order valence-corrected chi connectivity index (χ1v) is 11.1. The van der Waals surface area contributed by atoms with Gasteiger partial charge < -0.3 is 21.1 Å². The van der Waals surface area contributed by atoms with E-state index in [4.69, 9.17) is 10.5 Å². The Morgan fingerprint density at radius 3 is 2.62 bits per heavy atom. The molecule has 2 amide bonds. The van der Waals surface area contributed by atoms with Gasteiger partial charge in [-0.1, -0.05) is 24.3 Å². The van der Waals surface area contributed by atoms with Gasteiger partial charge in [-0.3, -0.25) is 0 Å². The zero-order valence-corrected chi connectivity index (χ0v) is 18.8. The van der Waals surface area contributed by atoms with Gasteiger partial charge in [-0.2, -0.15) is 0 Å². The Bertz CT molecular complexity index is 1240. The highest BCUT2D eigenvalue weighted by Gasteiger charge is 2.18. The summed E-state index contributed by atoms with van der Waals surface area (Å²) in [7, 11) is 1.70. The summed E-state index contributed by atoms with van der Waals surface area (Å²) in [4.78, 5) is 23.0. The molecule has 0 spiro atoms. The number of nitrogen functional groups attached to an aromatic ring is 1. The summed E-state index contributed by atoms with van der Waals surface area (Å²) >= 11 is 1.63. The third-order valence-corrected chi connectivity index (χ3v) is 6.21. The zero-order valence-electron chi connectivity index (χ0n) is 18.0. The molecule has 4 aromatic rings. The van der Waals surface area contributed by atoms with Crippen LogP contribution in [0.5, 0.6) is 0 Å². The first-order valence-electron chi connectivity index (χ1n) is 10.3. The van der Waals surface area contributed by atoms with E-state index in [9.17, 15) is 4.79 Å². The third kappa shape index (κ3) is 4.87. The van der Waals surface area contributed by atoms with Crippen LogP contribution in [0.15, 0.2) is 54.9 Å². The number of urea groups is 1. The smallest absolute Gasteiger partial charge is 0.323 e. The lowest BCUT2D eigenvalue weighted by Gasteiger charge is -2.10. The summed E-state index contributed by atoms with van der Waals surface area (Å²) in [5.74, 6) is 0.471. The van der Waals surface area contributed by atoms with Crippen molar-refractivity contribution in [2.75, 3.05) is 30.1 Å². The number of fused-ring (bicyclic) bond motifs is 1. The van der Waals surface area contributed by atoms with Crippen LogP contribution in [-0.2, 0) is 11.2 Å². The van der Waals surface area contributed by atoms with E-state index >= 15 is 0 Å². The molecule has 7 nitrogen and oxygen atoms in total. The lowest BCUT2D eigenvalue weighted by atomic mass is 10.0. The fraction of sp³-hybridized carbons (Fsp3) is 0.208. The van der Waals surface area contributed by atoms with Crippen molar-refractivity contribution in [3.63, 3.8) is 0 Å². The number of nitrogens with zero attached hydrogens (tertiary/aromatic N) is 2. The number of amides is 2. The zero-order chi connectivity index (χ0) is 22.5. The normalized spacial score (nSPS) is 10.9. The molecule has 2 aromatic heterocycles. The summed E-state index contributed by atoms with van der Waals surface area (Å²) < 4.78 is 5.21. The highest BCUT2D eigenvalue weighted by Crippen LogP contribution is 2.40. The van der Waals surface area contributed by atoms with Gasteiger partial charge in [0.15, 0.2) is 0 Å². The molecule has 0 saturated heterocycles. The summed E-state index contributed by atoms with van der Waals surface area (Å²) in [6, 6.07) is 15.1. The molecular formula is C24H25N5O2S. The van der Waals surface area contributed by atoms with Crippen molar-refractivity contribution in [1.29, 1.82) is 0 Å². The SMILES string of the molecule is COCCCc1sc2ncnc(N)c2c1-c1ccc(NC(=O)Nc2cccc(C)c2)cc1. The van der Waals surface area contributed by atoms with E-state index in [0.717, 1.165) is 45.4 Å². The molecule has 0 radical (unpaired) electrons. The number of ether oxygens (including phenoxy) is 1. The molecule has 0 atom stereocenters. The van der Waals surface area contributed by atoms with Crippen LogP contribution in [0.2, 0.25) is 0 Å². The molecule has 0 fully saturated rings. The molecule has 8 heteroatoms. The Labute approximate surface area is 190 Å². The van der Waals surface area contributed by atoms with E-state index in [2.05, 4.69) is 20.6 Å². The quantitative estimate of drug-likeness (QED) is 0.326.